The molecule has 0 saturated carbocycles. The molecule has 0 rings (SSSR count). The van der Waals surface area contributed by atoms with Gasteiger partial charge in [-0.25, -0.2) is 0 Å². The van der Waals surface area contributed by atoms with Crippen LogP contribution in [0.3, 0.4) is 0 Å². The Hall–Kier alpha value is -0.120. The maximum Gasteiger partial charge on any atom is 0.103 e. The molecule has 0 radical (unpaired) electrons. The molecule has 0 aromatic heterocycles. The van der Waals surface area contributed by atoms with Crippen LogP contribution in [0.15, 0.2) is 0 Å². The minimum absolute atomic E-state index is 0.377. The van der Waals surface area contributed by atoms with E-state index in [-0.39, 0.29) is 6.61 Å². The first-order chi connectivity index (χ1) is 3.18. The SMILES string of the molecule is CC(O)C(O)CO. The number of hydrogen-bond acceptors (Lipinski definition) is 3. The molecule has 0 amide bonds. The largest absolute Gasteiger partial charge is 0.394 e. The predicted molar refractivity (Wildman–Crippen MR) is 24.8 cm³/mol. The first-order valence-corrected chi connectivity index (χ1v) is 2.15. The van der Waals surface area contributed by atoms with E-state index in [1.54, 1.807) is 0 Å². The Morgan fingerprint density at radius 3 is 1.86 bits per heavy atom. The second-order valence-electron chi connectivity index (χ2n) is 1.49. The molecule has 3 heteroatoms. The molecule has 3 nitrogen and oxygen atoms in total. The van der Waals surface area contributed by atoms with E-state index in [2.05, 4.69) is 0 Å². The molecule has 2 atom stereocenters. The number of hydrogen-bond donors (Lipinski definition) is 3. The fourth-order valence-electron chi connectivity index (χ4n) is 0.153. The summed E-state index contributed by atoms with van der Waals surface area (Å²) in [5, 5.41) is 24.9. The van der Waals surface area contributed by atoms with Crippen molar-refractivity contribution in [3.8, 4) is 0 Å². The van der Waals surface area contributed by atoms with Gasteiger partial charge in [0.1, 0.15) is 6.10 Å². The van der Waals surface area contributed by atoms with Gasteiger partial charge in [0.25, 0.3) is 0 Å². The van der Waals surface area contributed by atoms with Crippen LogP contribution in [0.1, 0.15) is 6.92 Å². The van der Waals surface area contributed by atoms with Crippen molar-refractivity contribution in [1.29, 1.82) is 0 Å². The highest BCUT2D eigenvalue weighted by molar-refractivity contribution is 4.57. The Morgan fingerprint density at radius 1 is 1.43 bits per heavy atom. The van der Waals surface area contributed by atoms with Crippen molar-refractivity contribution < 1.29 is 15.3 Å². The Balaban J connectivity index is 3.14. The van der Waals surface area contributed by atoms with E-state index in [0.717, 1.165) is 0 Å². The minimum atomic E-state index is -0.986. The summed E-state index contributed by atoms with van der Waals surface area (Å²) in [6.45, 7) is 1.04. The Labute approximate surface area is 42.2 Å². The second-order valence-corrected chi connectivity index (χ2v) is 1.49. The third-order valence-corrected chi connectivity index (χ3v) is 0.744. The van der Waals surface area contributed by atoms with E-state index in [4.69, 9.17) is 15.3 Å². The summed E-state index contributed by atoms with van der Waals surface area (Å²) in [4.78, 5) is 0. The van der Waals surface area contributed by atoms with E-state index in [9.17, 15) is 0 Å². The first-order valence-electron chi connectivity index (χ1n) is 2.15. The highest BCUT2D eigenvalue weighted by atomic mass is 16.4. The van der Waals surface area contributed by atoms with Crippen LogP contribution < -0.4 is 0 Å². The molecule has 0 aliphatic carbocycles. The van der Waals surface area contributed by atoms with E-state index in [0.29, 0.717) is 0 Å². The number of aliphatic hydroxyl groups is 3. The lowest BCUT2D eigenvalue weighted by atomic mass is 10.2. The molecule has 3 N–H and O–H groups in total. The van der Waals surface area contributed by atoms with Gasteiger partial charge in [-0.05, 0) is 6.92 Å². The second kappa shape index (κ2) is 2.96. The van der Waals surface area contributed by atoms with Gasteiger partial charge < -0.3 is 15.3 Å². The summed E-state index contributed by atoms with van der Waals surface area (Å²) >= 11 is 0. The molecule has 0 saturated heterocycles. The zero-order valence-electron chi connectivity index (χ0n) is 4.20. The average molecular weight is 106 g/mol. The molecule has 0 heterocycles. The number of aliphatic hydroxyl groups excluding tert-OH is 3. The molecule has 44 valence electrons. The van der Waals surface area contributed by atoms with Gasteiger partial charge in [0.2, 0.25) is 0 Å². The van der Waals surface area contributed by atoms with Crippen molar-refractivity contribution in [3.63, 3.8) is 0 Å². The van der Waals surface area contributed by atoms with Crippen molar-refractivity contribution in [2.24, 2.45) is 0 Å². The Morgan fingerprint density at radius 2 is 1.86 bits per heavy atom. The molecule has 0 aromatic rings. The maximum absolute atomic E-state index is 8.44. The van der Waals surface area contributed by atoms with Crippen molar-refractivity contribution >= 4 is 0 Å². The lowest BCUT2D eigenvalue weighted by Crippen LogP contribution is -2.25. The zero-order chi connectivity index (χ0) is 5.86. The lowest BCUT2D eigenvalue weighted by Gasteiger charge is -2.07. The third-order valence-electron chi connectivity index (χ3n) is 0.744. The molecular formula is C4H10O3. The Bertz CT molecular complexity index is 44.2. The molecule has 2 unspecified atom stereocenters. The fraction of sp³-hybridized carbons (Fsp3) is 1.00. The van der Waals surface area contributed by atoms with E-state index in [1.165, 1.54) is 6.92 Å². The summed E-state index contributed by atoms with van der Waals surface area (Å²) in [6, 6.07) is 0. The van der Waals surface area contributed by atoms with Gasteiger partial charge in [0.15, 0.2) is 0 Å². The van der Waals surface area contributed by atoms with Crippen molar-refractivity contribution in [2.45, 2.75) is 19.1 Å². The minimum Gasteiger partial charge on any atom is -0.394 e. The van der Waals surface area contributed by atoms with Gasteiger partial charge in [-0.15, -0.1) is 0 Å². The predicted octanol–water partition coefficient (Wildman–Crippen LogP) is -1.28. The van der Waals surface area contributed by atoms with Crippen LogP contribution in [0, 0.1) is 0 Å². The summed E-state index contributed by atoms with van der Waals surface area (Å²) in [5.74, 6) is 0. The first kappa shape index (κ1) is 6.88. The lowest BCUT2D eigenvalue weighted by molar-refractivity contribution is -0.00425. The highest BCUT2D eigenvalue weighted by Gasteiger charge is 2.06. The van der Waals surface area contributed by atoms with Gasteiger partial charge in [0, 0.05) is 0 Å². The van der Waals surface area contributed by atoms with Crippen LogP contribution in [0.2, 0.25) is 0 Å². The van der Waals surface area contributed by atoms with Gasteiger partial charge in [-0.1, -0.05) is 0 Å². The van der Waals surface area contributed by atoms with Crippen LogP contribution in [-0.2, 0) is 0 Å². The van der Waals surface area contributed by atoms with Gasteiger partial charge in [0.05, 0.1) is 12.7 Å². The Kier molecular flexibility index (Phi) is 2.91. The van der Waals surface area contributed by atoms with Crippen molar-refractivity contribution in [3.05, 3.63) is 0 Å². The van der Waals surface area contributed by atoms with Crippen LogP contribution in [0.4, 0.5) is 0 Å². The van der Waals surface area contributed by atoms with Crippen LogP contribution in [-0.4, -0.2) is 34.1 Å². The molecule has 0 fully saturated rings. The van der Waals surface area contributed by atoms with Gasteiger partial charge in [-0.2, -0.15) is 0 Å². The quantitative estimate of drug-likeness (QED) is 0.411. The molecule has 0 aromatic carbocycles. The van der Waals surface area contributed by atoms with Crippen LogP contribution in [0.5, 0.6) is 0 Å². The van der Waals surface area contributed by atoms with Crippen molar-refractivity contribution in [2.75, 3.05) is 6.61 Å². The summed E-state index contributed by atoms with van der Waals surface area (Å²) in [5.41, 5.74) is 0. The molecule has 0 aliphatic heterocycles. The third kappa shape index (κ3) is 2.56. The standard InChI is InChI=1S/C4H10O3/c1-3(6)4(7)2-5/h3-7H,2H2,1H3. The molecule has 7 heavy (non-hydrogen) atoms. The van der Waals surface area contributed by atoms with E-state index in [1.807, 2.05) is 0 Å². The van der Waals surface area contributed by atoms with E-state index >= 15 is 0 Å². The fourth-order valence-corrected chi connectivity index (χ4v) is 0.153. The summed E-state index contributed by atoms with van der Waals surface area (Å²) in [6.07, 6.45) is -1.81. The normalized spacial score (nSPS) is 18.9. The van der Waals surface area contributed by atoms with Gasteiger partial charge >= 0.3 is 0 Å². The van der Waals surface area contributed by atoms with Gasteiger partial charge in [-0.3, -0.25) is 0 Å². The highest BCUT2D eigenvalue weighted by Crippen LogP contribution is 1.87. The maximum atomic E-state index is 8.44. The monoisotopic (exact) mass is 106 g/mol. The summed E-state index contributed by atoms with van der Waals surface area (Å²) in [7, 11) is 0. The van der Waals surface area contributed by atoms with Crippen molar-refractivity contribution in [1.82, 2.24) is 0 Å². The molecular weight excluding hydrogens is 96.0 g/mol. The van der Waals surface area contributed by atoms with Crippen LogP contribution in [0.25, 0.3) is 0 Å². The molecule has 0 spiro atoms. The smallest absolute Gasteiger partial charge is 0.103 e. The van der Waals surface area contributed by atoms with E-state index < -0.39 is 12.2 Å². The number of rotatable bonds is 2. The molecule has 0 bridgehead atoms. The summed E-state index contributed by atoms with van der Waals surface area (Å²) < 4.78 is 0. The topological polar surface area (TPSA) is 60.7 Å². The van der Waals surface area contributed by atoms with Crippen LogP contribution >= 0.6 is 0 Å². The zero-order valence-corrected chi connectivity index (χ0v) is 4.20. The molecule has 0 aliphatic rings. The average Bonchev–Trinajstić information content (AvgIpc) is 1.65.